The van der Waals surface area contributed by atoms with E-state index < -0.39 is 0 Å². The Bertz CT molecular complexity index is 643. The van der Waals surface area contributed by atoms with E-state index in [9.17, 15) is 4.39 Å². The molecule has 0 aliphatic rings. The van der Waals surface area contributed by atoms with Gasteiger partial charge in [-0.1, -0.05) is 29.8 Å². The molecule has 2 aromatic rings. The standard InChI is InChI=1S/C16H16ClFN2S/c1-10-3-8-14(9-15(10)17)20-16(21)19-11(2)12-4-6-13(18)7-5-12/h3-9,11H,1-2H3,(H2,19,20,21)/t11-/m0/s1. The van der Waals surface area contributed by atoms with E-state index in [-0.39, 0.29) is 11.9 Å². The number of hydrogen-bond donors (Lipinski definition) is 2. The highest BCUT2D eigenvalue weighted by Gasteiger charge is 2.07. The molecule has 0 unspecified atom stereocenters. The van der Waals surface area contributed by atoms with Crippen LogP contribution in [0.25, 0.3) is 0 Å². The van der Waals surface area contributed by atoms with Crippen LogP contribution in [0.3, 0.4) is 0 Å². The molecular formula is C16H16ClFN2S. The van der Waals surface area contributed by atoms with Gasteiger partial charge in [0.2, 0.25) is 0 Å². The molecule has 0 spiro atoms. The fraction of sp³-hybridized carbons (Fsp3) is 0.188. The molecule has 0 fully saturated rings. The van der Waals surface area contributed by atoms with Crippen LogP contribution in [-0.2, 0) is 0 Å². The molecule has 0 aromatic heterocycles. The highest BCUT2D eigenvalue weighted by Crippen LogP contribution is 2.20. The van der Waals surface area contributed by atoms with Gasteiger partial charge < -0.3 is 10.6 Å². The second-order valence-corrected chi connectivity index (χ2v) is 5.65. The maximum Gasteiger partial charge on any atom is 0.171 e. The van der Waals surface area contributed by atoms with Gasteiger partial charge >= 0.3 is 0 Å². The predicted octanol–water partition coefficient (Wildman–Crippen LogP) is 4.84. The van der Waals surface area contributed by atoms with E-state index in [1.807, 2.05) is 32.0 Å². The minimum absolute atomic E-state index is 0.0217. The molecule has 2 N–H and O–H groups in total. The lowest BCUT2D eigenvalue weighted by Gasteiger charge is -2.17. The molecule has 0 aliphatic heterocycles. The van der Waals surface area contributed by atoms with Gasteiger partial charge in [0.1, 0.15) is 5.82 Å². The first-order valence-electron chi connectivity index (χ1n) is 6.55. The fourth-order valence-corrected chi connectivity index (χ4v) is 2.34. The van der Waals surface area contributed by atoms with E-state index in [0.29, 0.717) is 10.1 Å². The molecule has 2 nitrogen and oxygen atoms in total. The highest BCUT2D eigenvalue weighted by atomic mass is 35.5. The zero-order valence-corrected chi connectivity index (χ0v) is 13.4. The largest absolute Gasteiger partial charge is 0.356 e. The van der Waals surface area contributed by atoms with Crippen molar-refractivity contribution < 1.29 is 4.39 Å². The zero-order chi connectivity index (χ0) is 15.4. The van der Waals surface area contributed by atoms with Gasteiger partial charge in [0.15, 0.2) is 5.11 Å². The monoisotopic (exact) mass is 322 g/mol. The van der Waals surface area contributed by atoms with Crippen LogP contribution >= 0.6 is 23.8 Å². The van der Waals surface area contributed by atoms with E-state index in [1.165, 1.54) is 12.1 Å². The summed E-state index contributed by atoms with van der Waals surface area (Å²) in [7, 11) is 0. The van der Waals surface area contributed by atoms with Gasteiger partial charge in [-0.05, 0) is 61.5 Å². The number of halogens is 2. The number of thiocarbonyl (C=S) groups is 1. The van der Waals surface area contributed by atoms with Crippen LogP contribution in [0.4, 0.5) is 10.1 Å². The van der Waals surface area contributed by atoms with E-state index in [2.05, 4.69) is 10.6 Å². The minimum Gasteiger partial charge on any atom is -0.356 e. The summed E-state index contributed by atoms with van der Waals surface area (Å²) in [5.41, 5.74) is 2.80. The third-order valence-electron chi connectivity index (χ3n) is 3.15. The van der Waals surface area contributed by atoms with Gasteiger partial charge in [-0.3, -0.25) is 0 Å². The molecule has 2 rings (SSSR count). The Labute approximate surface area is 134 Å². The number of hydrogen-bond acceptors (Lipinski definition) is 1. The molecule has 1 atom stereocenters. The summed E-state index contributed by atoms with van der Waals surface area (Å²) in [6.45, 7) is 3.91. The molecule has 5 heteroatoms. The Morgan fingerprint density at radius 2 is 1.86 bits per heavy atom. The molecule has 0 amide bonds. The molecule has 0 heterocycles. The predicted molar refractivity (Wildman–Crippen MR) is 90.4 cm³/mol. The van der Waals surface area contributed by atoms with Gasteiger partial charge in [-0.25, -0.2) is 4.39 Å². The van der Waals surface area contributed by atoms with Crippen molar-refractivity contribution in [1.29, 1.82) is 0 Å². The van der Waals surface area contributed by atoms with Gasteiger partial charge in [0, 0.05) is 10.7 Å². The van der Waals surface area contributed by atoms with Crippen molar-refractivity contribution in [3.8, 4) is 0 Å². The summed E-state index contributed by atoms with van der Waals surface area (Å²) >= 11 is 11.3. The second kappa shape index (κ2) is 6.87. The number of benzene rings is 2. The van der Waals surface area contributed by atoms with Crippen molar-refractivity contribution in [3.05, 3.63) is 64.4 Å². The van der Waals surface area contributed by atoms with Crippen LogP contribution in [0.15, 0.2) is 42.5 Å². The molecule has 0 radical (unpaired) electrons. The van der Waals surface area contributed by atoms with Crippen molar-refractivity contribution >= 4 is 34.6 Å². The molecule has 2 aromatic carbocycles. The third-order valence-corrected chi connectivity index (χ3v) is 3.77. The summed E-state index contributed by atoms with van der Waals surface area (Å²) in [6.07, 6.45) is 0. The van der Waals surface area contributed by atoms with Crippen LogP contribution in [0.5, 0.6) is 0 Å². The van der Waals surface area contributed by atoms with Crippen LogP contribution < -0.4 is 10.6 Å². The normalized spacial score (nSPS) is 11.8. The van der Waals surface area contributed by atoms with Crippen molar-refractivity contribution in [1.82, 2.24) is 5.32 Å². The lowest BCUT2D eigenvalue weighted by molar-refractivity contribution is 0.624. The first-order chi connectivity index (χ1) is 9.95. The lowest BCUT2D eigenvalue weighted by atomic mass is 10.1. The Balaban J connectivity index is 1.97. The molecule has 110 valence electrons. The Morgan fingerprint density at radius 1 is 1.19 bits per heavy atom. The van der Waals surface area contributed by atoms with Crippen molar-refractivity contribution in [3.63, 3.8) is 0 Å². The van der Waals surface area contributed by atoms with Crippen LogP contribution in [0.2, 0.25) is 5.02 Å². The molecule has 0 aliphatic carbocycles. The SMILES string of the molecule is Cc1ccc(NC(=S)N[C@@H](C)c2ccc(F)cc2)cc1Cl. The molecular weight excluding hydrogens is 307 g/mol. The average molecular weight is 323 g/mol. The van der Waals surface area contributed by atoms with Gasteiger partial charge in [-0.2, -0.15) is 0 Å². The number of rotatable bonds is 3. The smallest absolute Gasteiger partial charge is 0.171 e. The van der Waals surface area contributed by atoms with Crippen molar-refractivity contribution in [2.24, 2.45) is 0 Å². The molecule has 0 saturated heterocycles. The molecule has 0 saturated carbocycles. The number of aryl methyl sites for hydroxylation is 1. The first-order valence-corrected chi connectivity index (χ1v) is 7.33. The Morgan fingerprint density at radius 3 is 2.48 bits per heavy atom. The molecule has 0 bridgehead atoms. The summed E-state index contributed by atoms with van der Waals surface area (Å²) < 4.78 is 12.9. The van der Waals surface area contributed by atoms with E-state index in [4.69, 9.17) is 23.8 Å². The third kappa shape index (κ3) is 4.41. The number of anilines is 1. The summed E-state index contributed by atoms with van der Waals surface area (Å²) in [6, 6.07) is 12.0. The first kappa shape index (κ1) is 15.7. The Kier molecular flexibility index (Phi) is 5.15. The topological polar surface area (TPSA) is 24.1 Å². The number of nitrogens with one attached hydrogen (secondary N) is 2. The quantitative estimate of drug-likeness (QED) is 0.791. The summed E-state index contributed by atoms with van der Waals surface area (Å²) in [5, 5.41) is 7.42. The van der Waals surface area contributed by atoms with Crippen LogP contribution in [0, 0.1) is 12.7 Å². The van der Waals surface area contributed by atoms with Crippen LogP contribution in [-0.4, -0.2) is 5.11 Å². The van der Waals surface area contributed by atoms with E-state index in [0.717, 1.165) is 16.8 Å². The van der Waals surface area contributed by atoms with Gasteiger partial charge in [0.05, 0.1) is 6.04 Å². The maximum atomic E-state index is 12.9. The minimum atomic E-state index is -0.249. The summed E-state index contributed by atoms with van der Waals surface area (Å²) in [5.74, 6) is -0.249. The maximum absolute atomic E-state index is 12.9. The molecule has 21 heavy (non-hydrogen) atoms. The van der Waals surface area contributed by atoms with Crippen molar-refractivity contribution in [2.75, 3.05) is 5.32 Å². The lowest BCUT2D eigenvalue weighted by Crippen LogP contribution is -2.30. The highest BCUT2D eigenvalue weighted by molar-refractivity contribution is 7.80. The summed E-state index contributed by atoms with van der Waals surface area (Å²) in [4.78, 5) is 0. The van der Waals surface area contributed by atoms with E-state index in [1.54, 1.807) is 12.1 Å². The van der Waals surface area contributed by atoms with Crippen molar-refractivity contribution in [2.45, 2.75) is 19.9 Å². The average Bonchev–Trinajstić information content (AvgIpc) is 2.43. The van der Waals surface area contributed by atoms with Gasteiger partial charge in [0.25, 0.3) is 0 Å². The zero-order valence-electron chi connectivity index (χ0n) is 11.8. The van der Waals surface area contributed by atoms with Gasteiger partial charge in [-0.15, -0.1) is 0 Å². The Hall–Kier alpha value is -1.65. The van der Waals surface area contributed by atoms with Crippen LogP contribution in [0.1, 0.15) is 24.1 Å². The second-order valence-electron chi connectivity index (χ2n) is 4.84. The van der Waals surface area contributed by atoms with E-state index >= 15 is 0 Å². The fourth-order valence-electron chi connectivity index (χ4n) is 1.87.